The number of hydrogen-bond acceptors (Lipinski definition) is 6. The van der Waals surface area contributed by atoms with Crippen LogP contribution in [0.25, 0.3) is 11.5 Å². The topological polar surface area (TPSA) is 90.0 Å². The molecule has 14 heteroatoms. The van der Waals surface area contributed by atoms with Gasteiger partial charge in [0.15, 0.2) is 17.2 Å². The first-order chi connectivity index (χ1) is 14.4. The van der Waals surface area contributed by atoms with E-state index in [1.165, 1.54) is 13.3 Å². The molecule has 7 nitrogen and oxygen atoms in total. The highest BCUT2D eigenvalue weighted by Gasteiger charge is 2.40. The van der Waals surface area contributed by atoms with Crippen molar-refractivity contribution in [1.82, 2.24) is 19.9 Å². The molecule has 31 heavy (non-hydrogen) atoms. The Labute approximate surface area is 173 Å². The number of rotatable bonds is 4. The highest BCUT2D eigenvalue weighted by Crippen LogP contribution is 2.39. The van der Waals surface area contributed by atoms with Gasteiger partial charge in [0, 0.05) is 12.4 Å². The van der Waals surface area contributed by atoms with Crippen LogP contribution in [0, 0.1) is 0 Å². The van der Waals surface area contributed by atoms with Crippen LogP contribution >= 0.6 is 11.6 Å². The molecule has 0 radical (unpaired) electrons. The van der Waals surface area contributed by atoms with Crippen LogP contribution in [0.15, 0.2) is 35.4 Å². The monoisotopic (exact) mass is 466 g/mol. The van der Waals surface area contributed by atoms with Gasteiger partial charge in [0.2, 0.25) is 11.6 Å². The Kier molecular flexibility index (Phi) is 5.81. The fraction of sp³-hybridized carbons (Fsp3) is 0.176. The molecule has 0 aliphatic rings. The molecule has 0 unspecified atom stereocenters. The predicted molar refractivity (Wildman–Crippen MR) is 94.0 cm³/mol. The number of halogens is 7. The van der Waals surface area contributed by atoms with Crippen LogP contribution < -0.4 is 15.0 Å². The number of methoxy groups -OCH3 is 1. The smallest absolute Gasteiger partial charge is 0.437 e. The number of nitrogens with one attached hydrogen (secondary N) is 1. The molecule has 1 aromatic carbocycles. The third-order valence-corrected chi connectivity index (χ3v) is 4.02. The summed E-state index contributed by atoms with van der Waals surface area (Å²) in [5.74, 6) is -2.93. The number of alkyl halides is 6. The molecule has 2 aromatic heterocycles. The zero-order valence-corrected chi connectivity index (χ0v) is 15.9. The molecule has 0 saturated carbocycles. The van der Waals surface area contributed by atoms with Crippen LogP contribution in [-0.4, -0.2) is 27.0 Å². The van der Waals surface area contributed by atoms with Crippen molar-refractivity contribution in [2.45, 2.75) is 12.4 Å². The van der Waals surface area contributed by atoms with Crippen molar-refractivity contribution < 1.29 is 35.8 Å². The summed E-state index contributed by atoms with van der Waals surface area (Å²) in [6.45, 7) is 0. The molecule has 2 heterocycles. The van der Waals surface area contributed by atoms with Crippen molar-refractivity contribution in [3.63, 3.8) is 0 Å². The van der Waals surface area contributed by atoms with Crippen molar-refractivity contribution in [2.75, 3.05) is 7.11 Å². The first kappa shape index (κ1) is 22.3. The van der Waals surface area contributed by atoms with Crippen molar-refractivity contribution in [3.05, 3.63) is 57.2 Å². The average Bonchev–Trinajstić information content (AvgIpc) is 2.68. The molecule has 0 amide bonds. The Hall–Kier alpha value is -3.35. The van der Waals surface area contributed by atoms with Gasteiger partial charge in [-0.05, 0) is 18.2 Å². The molecule has 3 aromatic rings. The van der Waals surface area contributed by atoms with Gasteiger partial charge in [-0.15, -0.1) is 0 Å². The van der Waals surface area contributed by atoms with Gasteiger partial charge in [0.1, 0.15) is 5.75 Å². The van der Waals surface area contributed by atoms with E-state index in [1.54, 1.807) is 0 Å². The molecule has 0 spiro atoms. The second-order valence-corrected chi connectivity index (χ2v) is 6.15. The third-order valence-electron chi connectivity index (χ3n) is 3.69. The standard InChI is InChI=1S/C17H9ClF6N4O3/c1-30-15-10(25-4-5-26-15)13-27-12(17(22,23)24)11(14(29)28-13)31-7-2-3-9(18)8(6-7)16(19,20)21/h2-6H,1H3,(H,27,28,29). The van der Waals surface area contributed by atoms with E-state index in [2.05, 4.69) is 15.0 Å². The van der Waals surface area contributed by atoms with Gasteiger partial charge in [-0.1, -0.05) is 11.6 Å². The van der Waals surface area contributed by atoms with Crippen LogP contribution in [0.5, 0.6) is 17.4 Å². The molecule has 0 aliphatic heterocycles. The summed E-state index contributed by atoms with van der Waals surface area (Å²) in [5, 5.41) is -0.701. The van der Waals surface area contributed by atoms with Crippen LogP contribution in [0.2, 0.25) is 5.02 Å². The molecule has 3 rings (SSSR count). The van der Waals surface area contributed by atoms with Gasteiger partial charge in [0.25, 0.3) is 5.56 Å². The zero-order chi connectivity index (χ0) is 23.0. The normalized spacial score (nSPS) is 12.0. The molecule has 0 fully saturated rings. The van der Waals surface area contributed by atoms with Crippen LogP contribution in [0.4, 0.5) is 26.3 Å². The molecule has 0 saturated heterocycles. The highest BCUT2D eigenvalue weighted by atomic mass is 35.5. The zero-order valence-electron chi connectivity index (χ0n) is 15.1. The maximum Gasteiger partial charge on any atom is 0.437 e. The fourth-order valence-electron chi connectivity index (χ4n) is 2.40. The van der Waals surface area contributed by atoms with Gasteiger partial charge >= 0.3 is 12.4 Å². The lowest BCUT2D eigenvalue weighted by Crippen LogP contribution is -2.21. The van der Waals surface area contributed by atoms with E-state index in [0.717, 1.165) is 18.3 Å². The number of H-pyrrole nitrogens is 1. The first-order valence-corrected chi connectivity index (χ1v) is 8.41. The summed E-state index contributed by atoms with van der Waals surface area (Å²) < 4.78 is 89.5. The van der Waals surface area contributed by atoms with Crippen LogP contribution in [-0.2, 0) is 12.4 Å². The van der Waals surface area contributed by atoms with Gasteiger partial charge < -0.3 is 14.5 Å². The van der Waals surface area contributed by atoms with E-state index in [0.29, 0.717) is 6.07 Å². The van der Waals surface area contributed by atoms with Crippen molar-refractivity contribution in [3.8, 4) is 28.9 Å². The molecular weight excluding hydrogens is 458 g/mol. The molecule has 0 aliphatic carbocycles. The van der Waals surface area contributed by atoms with Crippen molar-refractivity contribution in [1.29, 1.82) is 0 Å². The Morgan fingerprint density at radius 1 is 1.03 bits per heavy atom. The minimum absolute atomic E-state index is 0.222. The number of ether oxygens (including phenoxy) is 2. The average molecular weight is 467 g/mol. The Morgan fingerprint density at radius 3 is 2.32 bits per heavy atom. The summed E-state index contributed by atoms with van der Waals surface area (Å²) in [7, 11) is 1.17. The molecule has 164 valence electrons. The predicted octanol–water partition coefficient (Wildman–Crippen LogP) is 4.72. The van der Waals surface area contributed by atoms with Gasteiger partial charge in [-0.2, -0.15) is 26.3 Å². The second-order valence-electron chi connectivity index (χ2n) is 5.75. The van der Waals surface area contributed by atoms with E-state index in [-0.39, 0.29) is 11.6 Å². The molecule has 0 bridgehead atoms. The largest absolute Gasteiger partial charge is 0.479 e. The lowest BCUT2D eigenvalue weighted by atomic mass is 10.2. The minimum atomic E-state index is -5.20. The van der Waals surface area contributed by atoms with E-state index in [9.17, 15) is 31.1 Å². The maximum absolute atomic E-state index is 13.6. The number of hydrogen-bond donors (Lipinski definition) is 1. The second kappa shape index (κ2) is 8.06. The summed E-state index contributed by atoms with van der Waals surface area (Å²) in [6.07, 6.45) is -7.78. The number of aromatic amines is 1. The highest BCUT2D eigenvalue weighted by molar-refractivity contribution is 6.31. The van der Waals surface area contributed by atoms with Gasteiger partial charge in [-0.3, -0.25) is 4.79 Å². The van der Waals surface area contributed by atoms with E-state index in [1.807, 2.05) is 4.98 Å². The van der Waals surface area contributed by atoms with Gasteiger partial charge in [0.05, 0.1) is 17.7 Å². The van der Waals surface area contributed by atoms with Gasteiger partial charge in [-0.25, -0.2) is 15.0 Å². The minimum Gasteiger partial charge on any atom is -0.479 e. The first-order valence-electron chi connectivity index (χ1n) is 8.03. The van der Waals surface area contributed by atoms with Crippen LogP contribution in [0.1, 0.15) is 11.3 Å². The summed E-state index contributed by atoms with van der Waals surface area (Å²) in [5.41, 5.74) is -4.87. The Balaban J connectivity index is 2.15. The van der Waals surface area contributed by atoms with E-state index >= 15 is 0 Å². The Morgan fingerprint density at radius 2 is 1.71 bits per heavy atom. The molecule has 1 N–H and O–H groups in total. The lowest BCUT2D eigenvalue weighted by Gasteiger charge is -2.15. The fourth-order valence-corrected chi connectivity index (χ4v) is 2.63. The van der Waals surface area contributed by atoms with Crippen molar-refractivity contribution in [2.24, 2.45) is 0 Å². The summed E-state index contributed by atoms with van der Waals surface area (Å²) in [6, 6.07) is 2.01. The summed E-state index contributed by atoms with van der Waals surface area (Å²) >= 11 is 5.48. The van der Waals surface area contributed by atoms with E-state index < -0.39 is 51.5 Å². The number of aromatic nitrogens is 4. The third kappa shape index (κ3) is 4.71. The number of benzene rings is 1. The number of nitrogens with zero attached hydrogens (tertiary/aromatic N) is 3. The van der Waals surface area contributed by atoms with Crippen molar-refractivity contribution >= 4 is 11.6 Å². The maximum atomic E-state index is 13.6. The van der Waals surface area contributed by atoms with E-state index in [4.69, 9.17) is 21.1 Å². The SMILES string of the molecule is COc1nccnc1-c1nc(C(F)(F)F)c(Oc2ccc(Cl)c(C(F)(F)F)c2)c(=O)[nH]1. The quantitative estimate of drug-likeness (QED) is 0.560. The van der Waals surface area contributed by atoms with Crippen LogP contribution in [0.3, 0.4) is 0 Å². The molecular formula is C17H9ClF6N4O3. The lowest BCUT2D eigenvalue weighted by molar-refractivity contribution is -0.142. The Bertz CT molecular complexity index is 1180. The summed E-state index contributed by atoms with van der Waals surface area (Å²) in [4.78, 5) is 25.3. The molecule has 0 atom stereocenters.